The van der Waals surface area contributed by atoms with Crippen LogP contribution in [-0.2, 0) is 0 Å². The molecule has 1 rings (SSSR count). The Kier molecular flexibility index (Phi) is 7.60. The summed E-state index contributed by atoms with van der Waals surface area (Å²) in [5.41, 5.74) is 0. The van der Waals surface area contributed by atoms with Crippen LogP contribution in [0.15, 0.2) is 16.7 Å². The first-order chi connectivity index (χ1) is 7.09. The summed E-state index contributed by atoms with van der Waals surface area (Å²) in [6.45, 7) is 3.32. The maximum Gasteiger partial charge on any atom is 0.272 e. The standard InChI is InChI=1S/C7H5BrClF2NO.C2H6/c8-4-1-5(7(9)12-2-4)13-3-6(10)11;1-2/h1-2,6H,3H2;1-2H3. The minimum absolute atomic E-state index is 0.0730. The predicted octanol–water partition coefficient (Wildman–Crippen LogP) is 4.17. The van der Waals surface area contributed by atoms with Crippen LogP contribution in [0.4, 0.5) is 8.78 Å². The Morgan fingerprint density at radius 2 is 2.13 bits per heavy atom. The first kappa shape index (κ1) is 14.6. The maximum atomic E-state index is 11.8. The highest BCUT2D eigenvalue weighted by molar-refractivity contribution is 9.10. The highest BCUT2D eigenvalue weighted by Crippen LogP contribution is 2.25. The van der Waals surface area contributed by atoms with Crippen molar-refractivity contribution in [2.75, 3.05) is 6.61 Å². The second kappa shape index (κ2) is 7.82. The van der Waals surface area contributed by atoms with E-state index in [0.717, 1.165) is 0 Å². The zero-order valence-corrected chi connectivity index (χ0v) is 10.6. The Morgan fingerprint density at radius 1 is 1.53 bits per heavy atom. The number of rotatable bonds is 3. The summed E-state index contributed by atoms with van der Waals surface area (Å²) in [5.74, 6) is 0.149. The number of aromatic nitrogens is 1. The third kappa shape index (κ3) is 5.89. The summed E-state index contributed by atoms with van der Waals surface area (Å²) in [6.07, 6.45) is -1.06. The molecule has 2 nitrogen and oxygen atoms in total. The van der Waals surface area contributed by atoms with Crippen LogP contribution in [0.5, 0.6) is 5.75 Å². The summed E-state index contributed by atoms with van der Waals surface area (Å²) in [4.78, 5) is 3.71. The van der Waals surface area contributed by atoms with Crippen molar-refractivity contribution >= 4 is 27.5 Å². The SMILES string of the molecule is CC.FC(F)COc1cc(Br)cnc1Cl. The van der Waals surface area contributed by atoms with Gasteiger partial charge in [0.2, 0.25) is 0 Å². The molecule has 1 aromatic heterocycles. The van der Waals surface area contributed by atoms with Crippen LogP contribution in [0, 0.1) is 0 Å². The van der Waals surface area contributed by atoms with Crippen LogP contribution in [0.1, 0.15) is 13.8 Å². The first-order valence-electron chi connectivity index (χ1n) is 4.31. The van der Waals surface area contributed by atoms with Crippen molar-refractivity contribution in [1.29, 1.82) is 0 Å². The van der Waals surface area contributed by atoms with Crippen LogP contribution >= 0.6 is 27.5 Å². The lowest BCUT2D eigenvalue weighted by Crippen LogP contribution is -2.07. The highest BCUT2D eigenvalue weighted by Gasteiger charge is 2.07. The van der Waals surface area contributed by atoms with Gasteiger partial charge in [0.15, 0.2) is 10.9 Å². The molecule has 15 heavy (non-hydrogen) atoms. The Labute approximate surface area is 101 Å². The number of alkyl halides is 2. The smallest absolute Gasteiger partial charge is 0.272 e. The quantitative estimate of drug-likeness (QED) is 0.782. The molecule has 0 saturated carbocycles. The average Bonchev–Trinajstić information content (AvgIpc) is 2.22. The lowest BCUT2D eigenvalue weighted by Gasteiger charge is -2.06. The molecule has 0 spiro atoms. The van der Waals surface area contributed by atoms with Gasteiger partial charge in [0.1, 0.15) is 6.61 Å². The van der Waals surface area contributed by atoms with E-state index in [1.54, 1.807) is 0 Å². The van der Waals surface area contributed by atoms with Gasteiger partial charge in [-0.3, -0.25) is 0 Å². The maximum absolute atomic E-state index is 11.8. The van der Waals surface area contributed by atoms with E-state index in [4.69, 9.17) is 16.3 Å². The fourth-order valence-corrected chi connectivity index (χ4v) is 1.13. The Balaban J connectivity index is 0.000000921. The zero-order valence-electron chi connectivity index (χ0n) is 8.31. The summed E-state index contributed by atoms with van der Waals surface area (Å²) < 4.78 is 28.8. The summed E-state index contributed by atoms with van der Waals surface area (Å²) in [6, 6.07) is 1.48. The van der Waals surface area contributed by atoms with E-state index >= 15 is 0 Å². The van der Waals surface area contributed by atoms with Crippen LogP contribution < -0.4 is 4.74 Å². The van der Waals surface area contributed by atoms with Gasteiger partial charge in [-0.1, -0.05) is 25.4 Å². The molecular formula is C9H11BrClF2NO. The fraction of sp³-hybridized carbons (Fsp3) is 0.444. The normalized spacial score (nSPS) is 9.53. The van der Waals surface area contributed by atoms with Crippen molar-refractivity contribution in [1.82, 2.24) is 4.98 Å². The molecule has 0 unspecified atom stereocenters. The molecule has 1 aromatic rings. The monoisotopic (exact) mass is 301 g/mol. The van der Waals surface area contributed by atoms with E-state index in [9.17, 15) is 8.78 Å². The molecule has 0 aliphatic rings. The van der Waals surface area contributed by atoms with Gasteiger partial charge in [0.05, 0.1) is 0 Å². The van der Waals surface area contributed by atoms with Crippen LogP contribution in [0.3, 0.4) is 0 Å². The van der Waals surface area contributed by atoms with Gasteiger partial charge < -0.3 is 4.74 Å². The number of ether oxygens (including phenoxy) is 1. The Morgan fingerprint density at radius 3 is 2.67 bits per heavy atom. The minimum atomic E-state index is -2.52. The van der Waals surface area contributed by atoms with E-state index in [1.807, 2.05) is 13.8 Å². The summed E-state index contributed by atoms with van der Waals surface area (Å²) in [5, 5.41) is 0.0730. The number of hydrogen-bond donors (Lipinski definition) is 0. The van der Waals surface area contributed by atoms with Crippen molar-refractivity contribution in [3.8, 4) is 5.75 Å². The van der Waals surface area contributed by atoms with Gasteiger partial charge in [-0.15, -0.1) is 0 Å². The van der Waals surface area contributed by atoms with E-state index < -0.39 is 13.0 Å². The van der Waals surface area contributed by atoms with Crippen molar-refractivity contribution in [2.45, 2.75) is 20.3 Å². The van der Waals surface area contributed by atoms with Crippen molar-refractivity contribution in [2.24, 2.45) is 0 Å². The van der Waals surface area contributed by atoms with Gasteiger partial charge >= 0.3 is 0 Å². The van der Waals surface area contributed by atoms with Crippen LogP contribution in [0.25, 0.3) is 0 Å². The van der Waals surface area contributed by atoms with Gasteiger partial charge in [-0.2, -0.15) is 0 Å². The van der Waals surface area contributed by atoms with Crippen LogP contribution in [-0.4, -0.2) is 18.0 Å². The minimum Gasteiger partial charge on any atom is -0.484 e. The number of halogens is 4. The summed E-state index contributed by atoms with van der Waals surface area (Å²) in [7, 11) is 0. The molecule has 0 aliphatic carbocycles. The van der Waals surface area contributed by atoms with E-state index in [-0.39, 0.29) is 10.9 Å². The van der Waals surface area contributed by atoms with E-state index in [0.29, 0.717) is 4.47 Å². The van der Waals surface area contributed by atoms with Crippen LogP contribution in [0.2, 0.25) is 5.15 Å². The second-order valence-corrected chi connectivity index (χ2v) is 3.42. The molecule has 86 valence electrons. The first-order valence-corrected chi connectivity index (χ1v) is 5.48. The third-order valence-corrected chi connectivity index (χ3v) is 1.86. The second-order valence-electron chi connectivity index (χ2n) is 2.14. The molecule has 0 N–H and O–H groups in total. The topological polar surface area (TPSA) is 22.1 Å². The molecule has 0 radical (unpaired) electrons. The zero-order chi connectivity index (χ0) is 11.8. The van der Waals surface area contributed by atoms with E-state index in [2.05, 4.69) is 20.9 Å². The number of hydrogen-bond acceptors (Lipinski definition) is 2. The molecular weight excluding hydrogens is 291 g/mol. The number of nitrogens with zero attached hydrogens (tertiary/aromatic N) is 1. The molecule has 0 saturated heterocycles. The fourth-order valence-electron chi connectivity index (χ4n) is 0.658. The van der Waals surface area contributed by atoms with Crippen molar-refractivity contribution < 1.29 is 13.5 Å². The molecule has 0 fully saturated rings. The predicted molar refractivity (Wildman–Crippen MR) is 59.8 cm³/mol. The van der Waals surface area contributed by atoms with Crippen molar-refractivity contribution in [3.05, 3.63) is 21.9 Å². The average molecular weight is 303 g/mol. The molecule has 0 amide bonds. The molecule has 0 atom stereocenters. The highest BCUT2D eigenvalue weighted by atomic mass is 79.9. The third-order valence-electron chi connectivity index (χ3n) is 1.14. The Hall–Kier alpha value is -0.420. The lowest BCUT2D eigenvalue weighted by molar-refractivity contribution is 0.0817. The van der Waals surface area contributed by atoms with Gasteiger partial charge in [-0.05, 0) is 22.0 Å². The van der Waals surface area contributed by atoms with Crippen molar-refractivity contribution in [3.63, 3.8) is 0 Å². The largest absolute Gasteiger partial charge is 0.484 e. The summed E-state index contributed by atoms with van der Waals surface area (Å²) >= 11 is 8.69. The van der Waals surface area contributed by atoms with E-state index in [1.165, 1.54) is 12.3 Å². The molecule has 0 bridgehead atoms. The molecule has 0 aromatic carbocycles. The van der Waals surface area contributed by atoms with Gasteiger partial charge in [0.25, 0.3) is 6.43 Å². The Bertz CT molecular complexity index is 299. The molecule has 1 heterocycles. The number of pyridine rings is 1. The molecule has 6 heteroatoms. The lowest BCUT2D eigenvalue weighted by atomic mass is 10.5. The van der Waals surface area contributed by atoms with Gasteiger partial charge in [0, 0.05) is 10.7 Å². The molecule has 0 aliphatic heterocycles. The van der Waals surface area contributed by atoms with Gasteiger partial charge in [-0.25, -0.2) is 13.8 Å².